The molecule has 1 aliphatic heterocycles. The number of nitrogens with two attached hydrogens (primary N) is 1. The topological polar surface area (TPSA) is 29.3 Å². The summed E-state index contributed by atoms with van der Waals surface area (Å²) in [6, 6.07) is 17.6. The average Bonchev–Trinajstić information content (AvgIpc) is 3.09. The number of hydrogen-bond donors (Lipinski definition) is 1. The van der Waals surface area contributed by atoms with Gasteiger partial charge in [-0.25, -0.2) is 0 Å². The Labute approximate surface area is 120 Å². The molecule has 4 rings (SSSR count). The standard InChI is InChI=1S/C18H20N2/c19-13-18(11-15-6-1-2-7-16(15)12-18)20-10-9-14-5-3-4-8-17(14)20/h1-8H,9-13,19H2. The Balaban J connectivity index is 1.75. The molecule has 0 fully saturated rings. The van der Waals surface area contributed by atoms with Crippen molar-refractivity contribution >= 4 is 5.69 Å². The molecule has 102 valence electrons. The summed E-state index contributed by atoms with van der Waals surface area (Å²) in [4.78, 5) is 2.57. The van der Waals surface area contributed by atoms with E-state index in [1.165, 1.54) is 22.4 Å². The van der Waals surface area contributed by atoms with E-state index in [1.807, 2.05) is 0 Å². The molecule has 1 aliphatic carbocycles. The van der Waals surface area contributed by atoms with Crippen molar-refractivity contribution in [3.63, 3.8) is 0 Å². The molecule has 0 spiro atoms. The van der Waals surface area contributed by atoms with Crippen molar-refractivity contribution in [3.05, 3.63) is 65.2 Å². The lowest BCUT2D eigenvalue weighted by molar-refractivity contribution is 0.421. The summed E-state index contributed by atoms with van der Waals surface area (Å²) in [5.41, 5.74) is 12.1. The Morgan fingerprint density at radius 2 is 1.50 bits per heavy atom. The van der Waals surface area contributed by atoms with Gasteiger partial charge >= 0.3 is 0 Å². The molecule has 0 amide bonds. The second-order valence-electron chi connectivity index (χ2n) is 6.08. The molecule has 2 heteroatoms. The quantitative estimate of drug-likeness (QED) is 0.903. The van der Waals surface area contributed by atoms with E-state index in [9.17, 15) is 0 Å². The Morgan fingerprint density at radius 1 is 0.900 bits per heavy atom. The van der Waals surface area contributed by atoms with Gasteiger partial charge in [-0.15, -0.1) is 0 Å². The Bertz CT molecular complexity index is 622. The van der Waals surface area contributed by atoms with Gasteiger partial charge in [0.1, 0.15) is 0 Å². The molecule has 2 N–H and O–H groups in total. The lowest BCUT2D eigenvalue weighted by Crippen LogP contribution is -2.54. The van der Waals surface area contributed by atoms with Gasteiger partial charge in [-0.2, -0.15) is 0 Å². The normalized spacial score (nSPS) is 18.9. The zero-order valence-electron chi connectivity index (χ0n) is 11.7. The second kappa shape index (κ2) is 4.35. The van der Waals surface area contributed by atoms with Gasteiger partial charge in [0, 0.05) is 18.8 Å². The van der Waals surface area contributed by atoms with Gasteiger partial charge in [0.05, 0.1) is 5.54 Å². The average molecular weight is 264 g/mol. The molecule has 1 heterocycles. The van der Waals surface area contributed by atoms with Crippen LogP contribution in [-0.4, -0.2) is 18.6 Å². The van der Waals surface area contributed by atoms with Gasteiger partial charge in [0.15, 0.2) is 0 Å². The molecule has 0 unspecified atom stereocenters. The Kier molecular flexibility index (Phi) is 2.61. The molecule has 0 aromatic heterocycles. The third kappa shape index (κ3) is 1.61. The molecule has 2 aromatic rings. The number of anilines is 1. The fraction of sp³-hybridized carbons (Fsp3) is 0.333. The molecule has 0 atom stereocenters. The summed E-state index contributed by atoms with van der Waals surface area (Å²) >= 11 is 0. The third-order valence-corrected chi connectivity index (χ3v) is 5.00. The van der Waals surface area contributed by atoms with Crippen LogP contribution in [0.15, 0.2) is 48.5 Å². The van der Waals surface area contributed by atoms with Crippen LogP contribution in [0.1, 0.15) is 16.7 Å². The monoisotopic (exact) mass is 264 g/mol. The Morgan fingerprint density at radius 3 is 2.15 bits per heavy atom. The van der Waals surface area contributed by atoms with E-state index < -0.39 is 0 Å². The van der Waals surface area contributed by atoms with Gasteiger partial charge in [0.25, 0.3) is 0 Å². The largest absolute Gasteiger partial charge is 0.363 e. The zero-order valence-corrected chi connectivity index (χ0v) is 11.7. The highest BCUT2D eigenvalue weighted by Crippen LogP contribution is 2.40. The van der Waals surface area contributed by atoms with Gasteiger partial charge in [-0.05, 0) is 42.0 Å². The van der Waals surface area contributed by atoms with Gasteiger partial charge in [-0.3, -0.25) is 0 Å². The minimum absolute atomic E-state index is 0.0797. The van der Waals surface area contributed by atoms with Gasteiger partial charge < -0.3 is 10.6 Å². The van der Waals surface area contributed by atoms with Crippen molar-refractivity contribution in [1.29, 1.82) is 0 Å². The lowest BCUT2D eigenvalue weighted by Gasteiger charge is -2.40. The van der Waals surface area contributed by atoms with Crippen LogP contribution in [0.3, 0.4) is 0 Å². The van der Waals surface area contributed by atoms with Crippen molar-refractivity contribution in [2.75, 3.05) is 18.0 Å². The molecule has 2 aliphatic rings. The smallest absolute Gasteiger partial charge is 0.0604 e. The van der Waals surface area contributed by atoms with E-state index >= 15 is 0 Å². The van der Waals surface area contributed by atoms with E-state index in [4.69, 9.17) is 5.73 Å². The zero-order chi connectivity index (χ0) is 13.6. The van der Waals surface area contributed by atoms with Crippen LogP contribution in [0, 0.1) is 0 Å². The predicted molar refractivity (Wildman–Crippen MR) is 83.1 cm³/mol. The number of para-hydroxylation sites is 1. The summed E-state index contributed by atoms with van der Waals surface area (Å²) in [5.74, 6) is 0. The molecular weight excluding hydrogens is 244 g/mol. The molecular formula is C18H20N2. The Hall–Kier alpha value is -1.80. The number of nitrogens with zero attached hydrogens (tertiary/aromatic N) is 1. The number of fused-ring (bicyclic) bond motifs is 2. The first-order chi connectivity index (χ1) is 9.82. The molecule has 0 saturated carbocycles. The number of hydrogen-bond acceptors (Lipinski definition) is 2. The minimum Gasteiger partial charge on any atom is -0.363 e. The summed E-state index contributed by atoms with van der Waals surface area (Å²) in [6.07, 6.45) is 3.30. The maximum Gasteiger partial charge on any atom is 0.0604 e. The minimum atomic E-state index is 0.0797. The summed E-state index contributed by atoms with van der Waals surface area (Å²) in [6.45, 7) is 1.82. The molecule has 2 nitrogen and oxygen atoms in total. The van der Waals surface area contributed by atoms with Crippen LogP contribution < -0.4 is 10.6 Å². The van der Waals surface area contributed by atoms with E-state index in [0.717, 1.165) is 32.4 Å². The molecule has 0 radical (unpaired) electrons. The third-order valence-electron chi connectivity index (χ3n) is 5.00. The van der Waals surface area contributed by atoms with Crippen molar-refractivity contribution < 1.29 is 0 Å². The van der Waals surface area contributed by atoms with Crippen LogP contribution in [0.25, 0.3) is 0 Å². The summed E-state index contributed by atoms with van der Waals surface area (Å²) in [5, 5.41) is 0. The van der Waals surface area contributed by atoms with Crippen LogP contribution >= 0.6 is 0 Å². The van der Waals surface area contributed by atoms with Crippen molar-refractivity contribution in [1.82, 2.24) is 0 Å². The van der Waals surface area contributed by atoms with Crippen LogP contribution in [0.5, 0.6) is 0 Å². The lowest BCUT2D eigenvalue weighted by atomic mass is 9.93. The van der Waals surface area contributed by atoms with E-state index in [-0.39, 0.29) is 5.54 Å². The van der Waals surface area contributed by atoms with Crippen molar-refractivity contribution in [3.8, 4) is 0 Å². The second-order valence-corrected chi connectivity index (χ2v) is 6.08. The number of benzene rings is 2. The highest BCUT2D eigenvalue weighted by molar-refractivity contribution is 5.61. The van der Waals surface area contributed by atoms with Gasteiger partial charge in [0.2, 0.25) is 0 Å². The molecule has 0 bridgehead atoms. The highest BCUT2D eigenvalue weighted by Gasteiger charge is 2.43. The fourth-order valence-electron chi connectivity index (χ4n) is 3.95. The first-order valence-electron chi connectivity index (χ1n) is 7.45. The number of rotatable bonds is 2. The summed E-state index contributed by atoms with van der Waals surface area (Å²) in [7, 11) is 0. The van der Waals surface area contributed by atoms with Crippen molar-refractivity contribution in [2.45, 2.75) is 24.8 Å². The predicted octanol–water partition coefficient (Wildman–Crippen LogP) is 2.55. The SMILES string of the molecule is NCC1(N2CCc3ccccc32)Cc2ccccc2C1. The van der Waals surface area contributed by atoms with E-state index in [2.05, 4.69) is 53.4 Å². The molecule has 0 saturated heterocycles. The first kappa shape index (κ1) is 12.0. The maximum absolute atomic E-state index is 6.24. The highest BCUT2D eigenvalue weighted by atomic mass is 15.2. The van der Waals surface area contributed by atoms with Gasteiger partial charge in [-0.1, -0.05) is 42.5 Å². The van der Waals surface area contributed by atoms with E-state index in [1.54, 1.807) is 0 Å². The first-order valence-corrected chi connectivity index (χ1v) is 7.45. The summed E-state index contributed by atoms with van der Waals surface area (Å²) < 4.78 is 0. The van der Waals surface area contributed by atoms with Crippen LogP contribution in [-0.2, 0) is 19.3 Å². The molecule has 2 aromatic carbocycles. The van der Waals surface area contributed by atoms with Crippen LogP contribution in [0.2, 0.25) is 0 Å². The van der Waals surface area contributed by atoms with Crippen LogP contribution in [0.4, 0.5) is 5.69 Å². The van der Waals surface area contributed by atoms with Crippen molar-refractivity contribution in [2.24, 2.45) is 5.73 Å². The van der Waals surface area contributed by atoms with E-state index in [0.29, 0.717) is 0 Å². The molecule has 20 heavy (non-hydrogen) atoms. The maximum atomic E-state index is 6.24. The fourth-order valence-corrected chi connectivity index (χ4v) is 3.95.